The van der Waals surface area contributed by atoms with Gasteiger partial charge in [0.1, 0.15) is 17.7 Å². The maximum Gasteiger partial charge on any atom is 0.133 e. The second kappa shape index (κ2) is 11.1. The van der Waals surface area contributed by atoms with Gasteiger partial charge in [-0.2, -0.15) is 0 Å². The zero-order chi connectivity index (χ0) is 20.6. The first-order chi connectivity index (χ1) is 14.0. The molecule has 1 aromatic heterocycles. The number of hydrogen-bond donors (Lipinski definition) is 2. The normalized spacial score (nSPS) is 21.8. The number of nitrogens with zero attached hydrogens (tertiary/aromatic N) is 1. The van der Waals surface area contributed by atoms with Crippen LogP contribution in [0, 0.1) is 11.8 Å². The molecule has 166 valence electrons. The van der Waals surface area contributed by atoms with Crippen LogP contribution >= 0.6 is 0 Å². The van der Waals surface area contributed by atoms with Crippen molar-refractivity contribution in [3.8, 4) is 5.75 Å². The molecule has 5 heteroatoms. The first kappa shape index (κ1) is 22.3. The number of halogens is 1. The third-order valence-corrected chi connectivity index (χ3v) is 6.03. The summed E-state index contributed by atoms with van der Waals surface area (Å²) in [6.45, 7) is 9.18. The SMILES string of the molecule is CC(C)Oc1cc(CCCCC(F)[C@@H]2CCNC2)nc2c1CCCN2.CC1CC1.[HH]. The largest absolute Gasteiger partial charge is 0.491 e. The lowest BCUT2D eigenvalue weighted by atomic mass is 9.97. The molecule has 4 rings (SSSR count). The van der Waals surface area contributed by atoms with Gasteiger partial charge < -0.3 is 15.4 Å². The van der Waals surface area contributed by atoms with Crippen molar-refractivity contribution in [1.29, 1.82) is 0 Å². The van der Waals surface area contributed by atoms with Gasteiger partial charge in [-0.05, 0) is 64.8 Å². The number of fused-ring (bicyclic) bond motifs is 1. The molecule has 3 heterocycles. The fourth-order valence-corrected chi connectivity index (χ4v) is 3.98. The molecule has 2 fully saturated rings. The predicted molar refractivity (Wildman–Crippen MR) is 121 cm³/mol. The summed E-state index contributed by atoms with van der Waals surface area (Å²) in [5, 5.41) is 6.65. The summed E-state index contributed by atoms with van der Waals surface area (Å²) in [6, 6.07) is 2.10. The lowest BCUT2D eigenvalue weighted by molar-refractivity contribution is 0.221. The molecule has 3 aliphatic rings. The first-order valence-electron chi connectivity index (χ1n) is 11.8. The van der Waals surface area contributed by atoms with Gasteiger partial charge in [-0.15, -0.1) is 0 Å². The van der Waals surface area contributed by atoms with Crippen molar-refractivity contribution in [3.05, 3.63) is 17.3 Å². The van der Waals surface area contributed by atoms with E-state index in [0.717, 1.165) is 81.3 Å². The molecule has 2 N–H and O–H groups in total. The number of pyridine rings is 1. The Bertz CT molecular complexity index is 633. The molecular formula is C24H42FN3O. The molecule has 1 saturated carbocycles. The Labute approximate surface area is 177 Å². The fourth-order valence-electron chi connectivity index (χ4n) is 3.98. The number of unbranched alkanes of at least 4 members (excludes halogenated alkanes) is 1. The molecule has 1 aromatic rings. The fraction of sp³-hybridized carbons (Fsp3) is 0.792. The van der Waals surface area contributed by atoms with Gasteiger partial charge in [-0.25, -0.2) is 9.37 Å². The summed E-state index contributed by atoms with van der Waals surface area (Å²) in [5.41, 5.74) is 2.27. The topological polar surface area (TPSA) is 46.2 Å². The van der Waals surface area contributed by atoms with Crippen molar-refractivity contribution in [1.82, 2.24) is 10.3 Å². The Morgan fingerprint density at radius 3 is 2.69 bits per heavy atom. The van der Waals surface area contributed by atoms with Gasteiger partial charge in [-0.3, -0.25) is 0 Å². The van der Waals surface area contributed by atoms with Gasteiger partial charge in [0.25, 0.3) is 0 Å². The third-order valence-electron chi connectivity index (χ3n) is 6.03. The number of rotatable bonds is 8. The molecule has 0 aromatic carbocycles. The minimum absolute atomic E-state index is 0. The van der Waals surface area contributed by atoms with E-state index in [2.05, 4.69) is 37.5 Å². The Kier molecular flexibility index (Phi) is 8.58. The maximum atomic E-state index is 14.2. The summed E-state index contributed by atoms with van der Waals surface area (Å²) >= 11 is 0. The summed E-state index contributed by atoms with van der Waals surface area (Å²) in [5.74, 6) is 3.26. The smallest absolute Gasteiger partial charge is 0.133 e. The number of anilines is 1. The van der Waals surface area contributed by atoms with Gasteiger partial charge in [0.05, 0.1) is 6.10 Å². The van der Waals surface area contributed by atoms with Crippen molar-refractivity contribution in [2.75, 3.05) is 25.0 Å². The van der Waals surface area contributed by atoms with Gasteiger partial charge in [0.15, 0.2) is 0 Å². The Morgan fingerprint density at radius 1 is 1.24 bits per heavy atom. The van der Waals surface area contributed by atoms with Crippen molar-refractivity contribution in [2.45, 2.75) is 90.8 Å². The monoisotopic (exact) mass is 407 g/mol. The van der Waals surface area contributed by atoms with Crippen LogP contribution in [0.1, 0.15) is 78.4 Å². The molecule has 0 spiro atoms. The van der Waals surface area contributed by atoms with E-state index in [4.69, 9.17) is 9.72 Å². The van der Waals surface area contributed by atoms with Crippen LogP contribution in [0.25, 0.3) is 0 Å². The lowest BCUT2D eigenvalue weighted by Crippen LogP contribution is -2.19. The maximum absolute atomic E-state index is 14.2. The van der Waals surface area contributed by atoms with E-state index in [1.165, 1.54) is 18.4 Å². The predicted octanol–water partition coefficient (Wildman–Crippen LogP) is 5.55. The number of ether oxygens (including phenoxy) is 1. The molecule has 29 heavy (non-hydrogen) atoms. The highest BCUT2D eigenvalue weighted by molar-refractivity contribution is 5.55. The van der Waals surface area contributed by atoms with E-state index in [1.807, 2.05) is 0 Å². The van der Waals surface area contributed by atoms with E-state index in [9.17, 15) is 4.39 Å². The summed E-state index contributed by atoms with van der Waals surface area (Å²) in [4.78, 5) is 4.78. The Morgan fingerprint density at radius 2 is 2.03 bits per heavy atom. The zero-order valence-corrected chi connectivity index (χ0v) is 18.6. The molecule has 2 aliphatic heterocycles. The number of alkyl halides is 1. The van der Waals surface area contributed by atoms with Crippen LogP contribution in [0.2, 0.25) is 0 Å². The van der Waals surface area contributed by atoms with Crippen molar-refractivity contribution in [2.24, 2.45) is 11.8 Å². The van der Waals surface area contributed by atoms with E-state index in [1.54, 1.807) is 0 Å². The van der Waals surface area contributed by atoms with E-state index >= 15 is 0 Å². The molecule has 0 radical (unpaired) electrons. The van der Waals surface area contributed by atoms with Gasteiger partial charge in [0.2, 0.25) is 0 Å². The highest BCUT2D eigenvalue weighted by atomic mass is 19.1. The molecule has 0 amide bonds. The Balaban J connectivity index is 0.000000574. The van der Waals surface area contributed by atoms with Crippen molar-refractivity contribution < 1.29 is 10.6 Å². The van der Waals surface area contributed by atoms with Crippen LogP contribution in [-0.2, 0) is 12.8 Å². The van der Waals surface area contributed by atoms with Crippen molar-refractivity contribution >= 4 is 5.82 Å². The van der Waals surface area contributed by atoms with E-state index in [-0.39, 0.29) is 13.4 Å². The molecular weight excluding hydrogens is 365 g/mol. The number of aromatic nitrogens is 1. The van der Waals surface area contributed by atoms with Gasteiger partial charge in [0, 0.05) is 37.8 Å². The van der Waals surface area contributed by atoms with Gasteiger partial charge >= 0.3 is 0 Å². The molecule has 0 bridgehead atoms. The quantitative estimate of drug-likeness (QED) is 0.555. The molecule has 2 atom stereocenters. The summed E-state index contributed by atoms with van der Waals surface area (Å²) < 4.78 is 20.2. The molecule has 1 aliphatic carbocycles. The average Bonchev–Trinajstić information content (AvgIpc) is 3.29. The minimum Gasteiger partial charge on any atom is -0.491 e. The van der Waals surface area contributed by atoms with E-state index in [0.29, 0.717) is 6.42 Å². The summed E-state index contributed by atoms with van der Waals surface area (Å²) in [7, 11) is 0. The number of nitrogens with one attached hydrogen (secondary N) is 2. The molecule has 1 unspecified atom stereocenters. The van der Waals surface area contributed by atoms with Crippen LogP contribution in [0.15, 0.2) is 6.07 Å². The lowest BCUT2D eigenvalue weighted by Gasteiger charge is -2.22. The number of aryl methyl sites for hydroxylation is 1. The highest BCUT2D eigenvalue weighted by Gasteiger charge is 2.24. The molecule has 1 saturated heterocycles. The summed E-state index contributed by atoms with van der Waals surface area (Å²) in [6.07, 6.45) is 9.06. The number of hydrogen-bond acceptors (Lipinski definition) is 4. The average molecular weight is 408 g/mol. The van der Waals surface area contributed by atoms with Crippen LogP contribution in [0.4, 0.5) is 10.2 Å². The zero-order valence-electron chi connectivity index (χ0n) is 18.6. The Hall–Kier alpha value is -1.36. The second-order valence-corrected chi connectivity index (χ2v) is 9.33. The van der Waals surface area contributed by atoms with Crippen LogP contribution < -0.4 is 15.4 Å². The second-order valence-electron chi connectivity index (χ2n) is 9.33. The highest BCUT2D eigenvalue weighted by Crippen LogP contribution is 2.31. The van der Waals surface area contributed by atoms with Crippen LogP contribution in [0.3, 0.4) is 0 Å². The van der Waals surface area contributed by atoms with Crippen molar-refractivity contribution in [3.63, 3.8) is 0 Å². The van der Waals surface area contributed by atoms with Crippen LogP contribution in [0.5, 0.6) is 5.75 Å². The van der Waals surface area contributed by atoms with E-state index < -0.39 is 6.17 Å². The third kappa shape index (κ3) is 7.44. The minimum atomic E-state index is -0.659. The van der Waals surface area contributed by atoms with Crippen LogP contribution in [-0.4, -0.2) is 36.9 Å². The molecule has 4 nitrogen and oxygen atoms in total. The first-order valence-corrected chi connectivity index (χ1v) is 11.8. The van der Waals surface area contributed by atoms with Gasteiger partial charge in [-0.1, -0.05) is 26.2 Å². The standard InChI is InChI=1S/C20H32FN3O.C4H8.H2/c1-14(2)25-19-12-16(24-20-17(19)7-5-10-23-20)6-3-4-8-18(21)15-9-11-22-13-15;1-4-2-3-4;/h12,14-15,18,22H,3-11,13H2,1-2H3,(H,23,24);4H,2-3H2,1H3;1H/t15-,18?;;/m1../s1.